The number of halogens is 1. The molecular weight excluding hydrogens is 255 g/mol. The number of hydrogen-bond donors (Lipinski definition) is 1. The van der Waals surface area contributed by atoms with Crippen LogP contribution < -0.4 is 10.1 Å². The van der Waals surface area contributed by atoms with Gasteiger partial charge in [-0.2, -0.15) is 0 Å². The molecule has 0 spiro atoms. The molecule has 1 heterocycles. The molecule has 3 nitrogen and oxygen atoms in total. The van der Waals surface area contributed by atoms with Gasteiger partial charge in [0.05, 0.1) is 0 Å². The van der Waals surface area contributed by atoms with Crippen molar-refractivity contribution >= 4 is 0 Å². The van der Waals surface area contributed by atoms with Crippen LogP contribution in [0.4, 0.5) is 4.39 Å². The van der Waals surface area contributed by atoms with Gasteiger partial charge in [-0.1, -0.05) is 6.07 Å². The standard InChI is InChI=1S/C16H17FN2O/c1-11-2-3-13(17)8-16(11)20-15-6-7-18-9-12(15)10-19-14-4-5-14/h2-3,6-9,14,19H,4-5,10H2,1H3. The van der Waals surface area contributed by atoms with E-state index in [0.29, 0.717) is 11.8 Å². The second kappa shape index (κ2) is 5.59. The molecule has 2 aromatic rings. The van der Waals surface area contributed by atoms with E-state index in [0.717, 1.165) is 23.4 Å². The van der Waals surface area contributed by atoms with E-state index in [4.69, 9.17) is 4.74 Å². The Hall–Kier alpha value is -1.94. The first-order chi connectivity index (χ1) is 9.72. The fraction of sp³-hybridized carbons (Fsp3) is 0.312. The lowest BCUT2D eigenvalue weighted by molar-refractivity contribution is 0.463. The SMILES string of the molecule is Cc1ccc(F)cc1Oc1ccncc1CNC1CC1. The molecule has 1 saturated carbocycles. The molecule has 4 heteroatoms. The molecule has 0 radical (unpaired) electrons. The summed E-state index contributed by atoms with van der Waals surface area (Å²) in [6.07, 6.45) is 5.95. The minimum Gasteiger partial charge on any atom is -0.457 e. The molecule has 1 aliphatic carbocycles. The molecule has 104 valence electrons. The lowest BCUT2D eigenvalue weighted by Gasteiger charge is -2.13. The largest absolute Gasteiger partial charge is 0.457 e. The number of aryl methyl sites for hydroxylation is 1. The van der Waals surface area contributed by atoms with Crippen LogP contribution in [0.3, 0.4) is 0 Å². The van der Waals surface area contributed by atoms with E-state index in [-0.39, 0.29) is 5.82 Å². The maximum Gasteiger partial charge on any atom is 0.135 e. The smallest absolute Gasteiger partial charge is 0.135 e. The van der Waals surface area contributed by atoms with Crippen LogP contribution in [0.5, 0.6) is 11.5 Å². The van der Waals surface area contributed by atoms with E-state index in [2.05, 4.69) is 10.3 Å². The van der Waals surface area contributed by atoms with Crippen molar-refractivity contribution in [1.29, 1.82) is 0 Å². The average molecular weight is 272 g/mol. The molecule has 0 saturated heterocycles. The zero-order valence-corrected chi connectivity index (χ0v) is 11.4. The summed E-state index contributed by atoms with van der Waals surface area (Å²) in [7, 11) is 0. The lowest BCUT2D eigenvalue weighted by Crippen LogP contribution is -2.15. The Kier molecular flexibility index (Phi) is 3.65. The lowest BCUT2D eigenvalue weighted by atomic mass is 10.2. The maximum absolute atomic E-state index is 13.3. The Morgan fingerprint density at radius 2 is 2.15 bits per heavy atom. The van der Waals surface area contributed by atoms with Crippen molar-refractivity contribution in [2.45, 2.75) is 32.4 Å². The topological polar surface area (TPSA) is 34.1 Å². The highest BCUT2D eigenvalue weighted by molar-refractivity contribution is 5.40. The van der Waals surface area contributed by atoms with Crippen molar-refractivity contribution < 1.29 is 9.13 Å². The summed E-state index contributed by atoms with van der Waals surface area (Å²) in [4.78, 5) is 4.13. The fourth-order valence-electron chi connectivity index (χ4n) is 1.99. The van der Waals surface area contributed by atoms with Crippen LogP contribution in [-0.4, -0.2) is 11.0 Å². The van der Waals surface area contributed by atoms with Crippen LogP contribution in [0.1, 0.15) is 24.0 Å². The van der Waals surface area contributed by atoms with E-state index < -0.39 is 0 Å². The van der Waals surface area contributed by atoms with Crippen molar-refractivity contribution in [2.75, 3.05) is 0 Å². The molecule has 1 fully saturated rings. The van der Waals surface area contributed by atoms with Crippen LogP contribution in [0.15, 0.2) is 36.7 Å². The number of nitrogens with zero attached hydrogens (tertiary/aromatic N) is 1. The van der Waals surface area contributed by atoms with Gasteiger partial charge in [0.2, 0.25) is 0 Å². The molecule has 0 amide bonds. The van der Waals surface area contributed by atoms with Crippen molar-refractivity contribution in [2.24, 2.45) is 0 Å². The molecule has 0 unspecified atom stereocenters. The molecule has 1 N–H and O–H groups in total. The Balaban J connectivity index is 1.80. The molecular formula is C16H17FN2O. The third-order valence-corrected chi connectivity index (χ3v) is 3.39. The van der Waals surface area contributed by atoms with E-state index in [9.17, 15) is 4.39 Å². The highest BCUT2D eigenvalue weighted by Gasteiger charge is 2.20. The zero-order chi connectivity index (χ0) is 13.9. The van der Waals surface area contributed by atoms with Crippen molar-refractivity contribution in [3.63, 3.8) is 0 Å². The quantitative estimate of drug-likeness (QED) is 0.903. The van der Waals surface area contributed by atoms with Crippen molar-refractivity contribution in [1.82, 2.24) is 10.3 Å². The predicted octanol–water partition coefficient (Wildman–Crippen LogP) is 3.57. The van der Waals surface area contributed by atoms with Crippen LogP contribution in [-0.2, 0) is 6.54 Å². The Bertz CT molecular complexity index is 611. The number of pyridine rings is 1. The first kappa shape index (κ1) is 13.1. The van der Waals surface area contributed by atoms with Gasteiger partial charge in [-0.15, -0.1) is 0 Å². The monoisotopic (exact) mass is 272 g/mol. The van der Waals surface area contributed by atoms with Gasteiger partial charge >= 0.3 is 0 Å². The van der Waals surface area contributed by atoms with Gasteiger partial charge < -0.3 is 10.1 Å². The van der Waals surface area contributed by atoms with Crippen LogP contribution in [0.25, 0.3) is 0 Å². The molecule has 20 heavy (non-hydrogen) atoms. The van der Waals surface area contributed by atoms with Gasteiger partial charge in [-0.25, -0.2) is 4.39 Å². The molecule has 0 bridgehead atoms. The minimum atomic E-state index is -0.294. The Morgan fingerprint density at radius 3 is 2.95 bits per heavy atom. The fourth-order valence-corrected chi connectivity index (χ4v) is 1.99. The summed E-state index contributed by atoms with van der Waals surface area (Å²) in [5.74, 6) is 0.975. The summed E-state index contributed by atoms with van der Waals surface area (Å²) in [5, 5.41) is 3.43. The summed E-state index contributed by atoms with van der Waals surface area (Å²) in [6, 6.07) is 7.00. The van der Waals surface area contributed by atoms with Crippen molar-refractivity contribution in [3.05, 3.63) is 53.6 Å². The van der Waals surface area contributed by atoms with Gasteiger partial charge in [0, 0.05) is 36.6 Å². The number of aromatic nitrogens is 1. The first-order valence-corrected chi connectivity index (χ1v) is 6.82. The number of nitrogens with one attached hydrogen (secondary N) is 1. The van der Waals surface area contributed by atoms with Crippen molar-refractivity contribution in [3.8, 4) is 11.5 Å². The van der Waals surface area contributed by atoms with Gasteiger partial charge in [0.15, 0.2) is 0 Å². The second-order valence-electron chi connectivity index (χ2n) is 5.15. The Morgan fingerprint density at radius 1 is 1.30 bits per heavy atom. The third kappa shape index (κ3) is 3.14. The van der Waals surface area contributed by atoms with Gasteiger partial charge in [-0.05, 0) is 37.5 Å². The molecule has 0 aliphatic heterocycles. The molecule has 3 rings (SSSR count). The van der Waals surface area contributed by atoms with Crippen LogP contribution >= 0.6 is 0 Å². The van der Waals surface area contributed by atoms with E-state index in [1.165, 1.54) is 25.0 Å². The summed E-state index contributed by atoms with van der Waals surface area (Å²) in [6.45, 7) is 2.63. The normalized spacial score (nSPS) is 14.3. The first-order valence-electron chi connectivity index (χ1n) is 6.82. The van der Waals surface area contributed by atoms with E-state index >= 15 is 0 Å². The number of rotatable bonds is 5. The van der Waals surface area contributed by atoms with Crippen LogP contribution in [0.2, 0.25) is 0 Å². The second-order valence-corrected chi connectivity index (χ2v) is 5.15. The van der Waals surface area contributed by atoms with Gasteiger partial charge in [0.25, 0.3) is 0 Å². The third-order valence-electron chi connectivity index (χ3n) is 3.39. The molecule has 0 atom stereocenters. The van der Waals surface area contributed by atoms with E-state index in [1.807, 2.05) is 13.0 Å². The van der Waals surface area contributed by atoms with Crippen LogP contribution in [0, 0.1) is 12.7 Å². The van der Waals surface area contributed by atoms with Gasteiger partial charge in [0.1, 0.15) is 17.3 Å². The minimum absolute atomic E-state index is 0.294. The molecule has 1 aromatic carbocycles. The number of benzene rings is 1. The summed E-state index contributed by atoms with van der Waals surface area (Å²) >= 11 is 0. The zero-order valence-electron chi connectivity index (χ0n) is 11.4. The molecule has 1 aliphatic rings. The van der Waals surface area contributed by atoms with Gasteiger partial charge in [-0.3, -0.25) is 4.98 Å². The molecule has 1 aromatic heterocycles. The maximum atomic E-state index is 13.3. The highest BCUT2D eigenvalue weighted by atomic mass is 19.1. The average Bonchev–Trinajstić information content (AvgIpc) is 3.26. The number of hydrogen-bond acceptors (Lipinski definition) is 3. The number of ether oxygens (including phenoxy) is 1. The summed E-state index contributed by atoms with van der Waals surface area (Å²) in [5.41, 5.74) is 1.90. The summed E-state index contributed by atoms with van der Waals surface area (Å²) < 4.78 is 19.2. The van der Waals surface area contributed by atoms with E-state index in [1.54, 1.807) is 18.5 Å². The highest BCUT2D eigenvalue weighted by Crippen LogP contribution is 2.28. The predicted molar refractivity (Wildman–Crippen MR) is 75.3 cm³/mol. The Labute approximate surface area is 117 Å².